The van der Waals surface area contributed by atoms with Crippen molar-refractivity contribution < 1.29 is 13.2 Å². The molecule has 0 aliphatic carbocycles. The normalized spacial score (nSPS) is 15.2. The second kappa shape index (κ2) is 10.9. The van der Waals surface area contributed by atoms with Crippen LogP contribution in [0.5, 0.6) is 0 Å². The second-order valence-corrected chi connectivity index (χ2v) is 9.84. The summed E-state index contributed by atoms with van der Waals surface area (Å²) < 4.78 is 27.6. The molecule has 2 aromatic carbocycles. The predicted octanol–water partition coefficient (Wildman–Crippen LogP) is 3.04. The van der Waals surface area contributed by atoms with E-state index in [4.69, 9.17) is 0 Å². The topological polar surface area (TPSA) is 73.0 Å². The minimum atomic E-state index is -3.62. The SMILES string of the molecule is CCN1CCN(c2ccc(S(=O)(=O)N(CC)CC)cc2NC(=O)Cc2ccccc2)CC1. The van der Waals surface area contributed by atoms with Crippen LogP contribution in [0.1, 0.15) is 26.3 Å². The van der Waals surface area contributed by atoms with Gasteiger partial charge in [-0.15, -0.1) is 0 Å². The number of carbonyl (C=O) groups excluding carboxylic acids is 1. The highest BCUT2D eigenvalue weighted by atomic mass is 32.2. The molecule has 1 fully saturated rings. The van der Waals surface area contributed by atoms with E-state index in [1.54, 1.807) is 12.1 Å². The minimum Gasteiger partial charge on any atom is -0.367 e. The average Bonchev–Trinajstić information content (AvgIpc) is 2.80. The molecule has 1 saturated heterocycles. The van der Waals surface area contributed by atoms with E-state index in [9.17, 15) is 13.2 Å². The number of hydrogen-bond donors (Lipinski definition) is 1. The summed E-state index contributed by atoms with van der Waals surface area (Å²) in [4.78, 5) is 17.6. The molecule has 3 rings (SSSR count). The van der Waals surface area contributed by atoms with Crippen LogP contribution in [0.2, 0.25) is 0 Å². The van der Waals surface area contributed by atoms with Gasteiger partial charge in [-0.2, -0.15) is 4.31 Å². The number of carbonyl (C=O) groups is 1. The van der Waals surface area contributed by atoms with Crippen molar-refractivity contribution in [3.05, 3.63) is 54.1 Å². The lowest BCUT2D eigenvalue weighted by atomic mass is 10.1. The van der Waals surface area contributed by atoms with Crippen molar-refractivity contribution >= 4 is 27.3 Å². The molecule has 1 N–H and O–H groups in total. The summed E-state index contributed by atoms with van der Waals surface area (Å²) in [6, 6.07) is 14.6. The molecule has 1 amide bonds. The highest BCUT2D eigenvalue weighted by Crippen LogP contribution is 2.31. The number of piperazine rings is 1. The maximum absolute atomic E-state index is 13.1. The Morgan fingerprint density at radius 3 is 2.22 bits per heavy atom. The fraction of sp³-hybridized carbons (Fsp3) is 0.458. The molecule has 0 aromatic heterocycles. The van der Waals surface area contributed by atoms with E-state index in [1.807, 2.05) is 50.2 Å². The molecule has 0 radical (unpaired) electrons. The van der Waals surface area contributed by atoms with Crippen molar-refractivity contribution in [1.82, 2.24) is 9.21 Å². The van der Waals surface area contributed by atoms with Gasteiger partial charge in [0.25, 0.3) is 0 Å². The van der Waals surface area contributed by atoms with Crippen LogP contribution in [0.3, 0.4) is 0 Å². The summed E-state index contributed by atoms with van der Waals surface area (Å²) in [5.74, 6) is -0.165. The highest BCUT2D eigenvalue weighted by Gasteiger charge is 2.25. The van der Waals surface area contributed by atoms with Crippen molar-refractivity contribution in [2.75, 3.05) is 56.0 Å². The molecular formula is C24H34N4O3S. The van der Waals surface area contributed by atoms with Crippen molar-refractivity contribution in [3.63, 3.8) is 0 Å². The van der Waals surface area contributed by atoms with Gasteiger partial charge in [-0.25, -0.2) is 8.42 Å². The van der Waals surface area contributed by atoms with Gasteiger partial charge >= 0.3 is 0 Å². The van der Waals surface area contributed by atoms with Gasteiger partial charge in [0.1, 0.15) is 0 Å². The van der Waals surface area contributed by atoms with E-state index in [0.29, 0.717) is 18.8 Å². The van der Waals surface area contributed by atoms with Gasteiger partial charge < -0.3 is 15.1 Å². The number of nitrogens with one attached hydrogen (secondary N) is 1. The molecule has 0 unspecified atom stereocenters. The number of benzene rings is 2. The van der Waals surface area contributed by atoms with E-state index < -0.39 is 10.0 Å². The Morgan fingerprint density at radius 1 is 0.969 bits per heavy atom. The van der Waals surface area contributed by atoms with Gasteiger partial charge in [0.05, 0.1) is 22.7 Å². The fourth-order valence-electron chi connectivity index (χ4n) is 4.04. The number of rotatable bonds is 9. The van der Waals surface area contributed by atoms with Crippen LogP contribution in [0.25, 0.3) is 0 Å². The summed E-state index contributed by atoms with van der Waals surface area (Å²) in [6.07, 6.45) is 0.233. The zero-order valence-corrected chi connectivity index (χ0v) is 20.1. The summed E-state index contributed by atoms with van der Waals surface area (Å²) in [5, 5.41) is 2.99. The molecule has 1 heterocycles. The highest BCUT2D eigenvalue weighted by molar-refractivity contribution is 7.89. The Balaban J connectivity index is 1.91. The largest absolute Gasteiger partial charge is 0.367 e. The molecule has 0 spiro atoms. The van der Waals surface area contributed by atoms with E-state index in [1.165, 1.54) is 4.31 Å². The van der Waals surface area contributed by atoms with Crippen LogP contribution in [-0.4, -0.2) is 69.3 Å². The van der Waals surface area contributed by atoms with Gasteiger partial charge in [0, 0.05) is 39.3 Å². The monoisotopic (exact) mass is 458 g/mol. The Morgan fingerprint density at radius 2 is 1.62 bits per heavy atom. The molecule has 0 saturated carbocycles. The molecule has 7 nitrogen and oxygen atoms in total. The van der Waals surface area contributed by atoms with Crippen LogP contribution < -0.4 is 10.2 Å². The van der Waals surface area contributed by atoms with Crippen molar-refractivity contribution in [2.45, 2.75) is 32.1 Å². The van der Waals surface area contributed by atoms with Crippen LogP contribution in [0.15, 0.2) is 53.4 Å². The number of likely N-dealkylation sites (N-methyl/N-ethyl adjacent to an activating group) is 1. The van der Waals surface area contributed by atoms with Crippen molar-refractivity contribution in [3.8, 4) is 0 Å². The van der Waals surface area contributed by atoms with Crippen LogP contribution in [-0.2, 0) is 21.2 Å². The van der Waals surface area contributed by atoms with Gasteiger partial charge in [0.2, 0.25) is 15.9 Å². The zero-order chi connectivity index (χ0) is 23.1. The maximum Gasteiger partial charge on any atom is 0.243 e. The Labute approximate surface area is 192 Å². The van der Waals surface area contributed by atoms with E-state index in [2.05, 4.69) is 22.0 Å². The number of amides is 1. The van der Waals surface area contributed by atoms with E-state index >= 15 is 0 Å². The molecule has 2 aromatic rings. The first-order valence-electron chi connectivity index (χ1n) is 11.3. The first-order valence-corrected chi connectivity index (χ1v) is 12.8. The van der Waals surface area contributed by atoms with E-state index in [-0.39, 0.29) is 17.2 Å². The molecule has 0 atom stereocenters. The number of hydrogen-bond acceptors (Lipinski definition) is 5. The lowest BCUT2D eigenvalue weighted by Crippen LogP contribution is -2.46. The van der Waals surface area contributed by atoms with Crippen molar-refractivity contribution in [1.29, 1.82) is 0 Å². The van der Waals surface area contributed by atoms with Crippen LogP contribution in [0, 0.1) is 0 Å². The third-order valence-corrected chi connectivity index (χ3v) is 8.00. The predicted molar refractivity (Wildman–Crippen MR) is 130 cm³/mol. The van der Waals surface area contributed by atoms with Crippen molar-refractivity contribution in [2.24, 2.45) is 0 Å². The van der Waals surface area contributed by atoms with E-state index in [0.717, 1.165) is 44.0 Å². The minimum absolute atomic E-state index is 0.165. The standard InChI is InChI=1S/C24H34N4O3S/c1-4-26-14-16-27(17-15-26)23-13-12-21(32(30,31)28(5-2)6-3)19-22(23)25-24(29)18-20-10-8-7-9-11-20/h7-13,19H,4-6,14-18H2,1-3H3,(H,25,29). The third kappa shape index (κ3) is 5.68. The number of sulfonamides is 1. The first kappa shape index (κ1) is 24.2. The number of anilines is 2. The summed E-state index contributed by atoms with van der Waals surface area (Å²) in [7, 11) is -3.62. The number of nitrogens with zero attached hydrogens (tertiary/aromatic N) is 3. The van der Waals surface area contributed by atoms with Crippen LogP contribution >= 0.6 is 0 Å². The summed E-state index contributed by atoms with van der Waals surface area (Å²) >= 11 is 0. The molecule has 0 bridgehead atoms. The second-order valence-electron chi connectivity index (χ2n) is 7.90. The molecule has 174 valence electrons. The average molecular weight is 459 g/mol. The van der Waals surface area contributed by atoms with Gasteiger partial charge in [-0.1, -0.05) is 51.1 Å². The van der Waals surface area contributed by atoms with Gasteiger partial charge in [0.15, 0.2) is 0 Å². The summed E-state index contributed by atoms with van der Waals surface area (Å²) in [5.41, 5.74) is 2.32. The Kier molecular flexibility index (Phi) is 8.28. The lowest BCUT2D eigenvalue weighted by Gasteiger charge is -2.36. The Hall–Kier alpha value is -2.42. The maximum atomic E-state index is 13.1. The molecule has 1 aliphatic rings. The lowest BCUT2D eigenvalue weighted by molar-refractivity contribution is -0.115. The quantitative estimate of drug-likeness (QED) is 0.625. The fourth-order valence-corrected chi connectivity index (χ4v) is 5.53. The third-order valence-electron chi connectivity index (χ3n) is 5.95. The molecule has 8 heteroatoms. The van der Waals surface area contributed by atoms with Gasteiger partial charge in [-0.05, 0) is 30.3 Å². The summed E-state index contributed by atoms with van der Waals surface area (Å²) in [6.45, 7) is 11.1. The van der Waals surface area contributed by atoms with Gasteiger partial charge in [-0.3, -0.25) is 4.79 Å². The zero-order valence-electron chi connectivity index (χ0n) is 19.3. The Bertz CT molecular complexity index is 999. The molecule has 32 heavy (non-hydrogen) atoms. The first-order chi connectivity index (χ1) is 15.4. The van der Waals surface area contributed by atoms with Crippen LogP contribution in [0.4, 0.5) is 11.4 Å². The smallest absolute Gasteiger partial charge is 0.243 e. The molecular weight excluding hydrogens is 424 g/mol. The molecule has 1 aliphatic heterocycles.